The zero-order valence-corrected chi connectivity index (χ0v) is 23.3. The summed E-state index contributed by atoms with van der Waals surface area (Å²) in [5.74, 6) is -1.26. The Balaban J connectivity index is 1.51. The molecule has 0 bridgehead atoms. The number of ether oxygens (including phenoxy) is 2. The van der Waals surface area contributed by atoms with Crippen LogP contribution in [0.25, 0.3) is 32.2 Å². The van der Waals surface area contributed by atoms with Crippen LogP contribution in [0.3, 0.4) is 0 Å². The Morgan fingerprint density at radius 2 is 1.88 bits per heavy atom. The SMILES string of the molecule is Cc1cc(-c2cc(Cl)ccc2OCCn2c(C)nc3ccc(OC(F)(F)F)c(C#N)c3c2=O)c2scc(C(=O)O)c2n1. The number of pyridine rings is 1. The number of carbonyl (C=O) groups is 1. The van der Waals surface area contributed by atoms with Gasteiger partial charge in [0.15, 0.2) is 0 Å². The van der Waals surface area contributed by atoms with Gasteiger partial charge in [0.2, 0.25) is 0 Å². The normalized spacial score (nSPS) is 11.5. The highest BCUT2D eigenvalue weighted by atomic mass is 35.5. The van der Waals surface area contributed by atoms with Crippen molar-refractivity contribution >= 4 is 50.0 Å². The van der Waals surface area contributed by atoms with Gasteiger partial charge in [0.1, 0.15) is 35.6 Å². The summed E-state index contributed by atoms with van der Waals surface area (Å²) in [6.45, 7) is 3.16. The number of aromatic carboxylic acids is 1. The van der Waals surface area contributed by atoms with E-state index in [0.29, 0.717) is 37.8 Å². The minimum atomic E-state index is -5.06. The van der Waals surface area contributed by atoms with Crippen molar-refractivity contribution in [2.75, 3.05) is 6.61 Å². The third kappa shape index (κ3) is 5.46. The second kappa shape index (κ2) is 11.0. The van der Waals surface area contributed by atoms with Gasteiger partial charge in [-0.1, -0.05) is 11.6 Å². The smallest absolute Gasteiger partial charge is 0.491 e. The minimum Gasteiger partial charge on any atom is -0.491 e. The summed E-state index contributed by atoms with van der Waals surface area (Å²) in [4.78, 5) is 33.8. The Hall–Kier alpha value is -4.67. The number of aryl methyl sites for hydroxylation is 2. The van der Waals surface area contributed by atoms with Gasteiger partial charge < -0.3 is 14.6 Å². The van der Waals surface area contributed by atoms with Gasteiger partial charge >= 0.3 is 12.3 Å². The van der Waals surface area contributed by atoms with Crippen LogP contribution in [0.2, 0.25) is 5.02 Å². The number of alkyl halides is 3. The molecule has 0 saturated carbocycles. The third-order valence-electron chi connectivity index (χ3n) is 6.30. The second-order valence-electron chi connectivity index (χ2n) is 9.04. The van der Waals surface area contributed by atoms with E-state index >= 15 is 0 Å². The molecule has 1 N–H and O–H groups in total. The Kier molecular flexibility index (Phi) is 7.53. The molecular formula is C28H18ClF3N4O5S. The fourth-order valence-corrected chi connectivity index (χ4v) is 5.74. The number of hydrogen-bond donors (Lipinski definition) is 1. The number of rotatable bonds is 7. The number of thiophene rings is 1. The van der Waals surface area contributed by atoms with Crippen molar-refractivity contribution in [2.24, 2.45) is 0 Å². The van der Waals surface area contributed by atoms with Gasteiger partial charge in [-0.3, -0.25) is 14.3 Å². The number of benzene rings is 2. The molecule has 9 nitrogen and oxygen atoms in total. The summed E-state index contributed by atoms with van der Waals surface area (Å²) >= 11 is 7.52. The molecule has 0 unspecified atom stereocenters. The molecule has 5 aromatic rings. The predicted octanol–water partition coefficient (Wildman–Crippen LogP) is 6.49. The molecule has 14 heteroatoms. The van der Waals surface area contributed by atoms with Crippen LogP contribution >= 0.6 is 22.9 Å². The summed E-state index contributed by atoms with van der Waals surface area (Å²) in [5, 5.41) is 20.7. The van der Waals surface area contributed by atoms with Gasteiger partial charge in [-0.25, -0.2) is 9.78 Å². The lowest BCUT2D eigenvalue weighted by Crippen LogP contribution is -2.27. The summed E-state index contributed by atoms with van der Waals surface area (Å²) in [7, 11) is 0. The highest BCUT2D eigenvalue weighted by Crippen LogP contribution is 2.40. The maximum atomic E-state index is 13.4. The Labute approximate surface area is 244 Å². The topological polar surface area (TPSA) is 127 Å². The zero-order chi connectivity index (χ0) is 30.3. The molecule has 0 aliphatic heterocycles. The molecular weight excluding hydrogens is 597 g/mol. The monoisotopic (exact) mass is 614 g/mol. The molecule has 5 rings (SSSR count). The predicted molar refractivity (Wildman–Crippen MR) is 149 cm³/mol. The van der Waals surface area contributed by atoms with Crippen molar-refractivity contribution in [3.8, 4) is 28.7 Å². The second-order valence-corrected chi connectivity index (χ2v) is 10.4. The summed E-state index contributed by atoms with van der Waals surface area (Å²) in [6, 6.07) is 10.5. The Bertz CT molecular complexity index is 2000. The number of carboxylic acid groups (broad SMARTS) is 1. The molecule has 0 fully saturated rings. The van der Waals surface area contributed by atoms with Crippen molar-refractivity contribution in [2.45, 2.75) is 26.8 Å². The molecule has 3 heterocycles. The van der Waals surface area contributed by atoms with E-state index in [-0.39, 0.29) is 35.4 Å². The van der Waals surface area contributed by atoms with Crippen molar-refractivity contribution in [1.82, 2.24) is 14.5 Å². The van der Waals surface area contributed by atoms with Crippen LogP contribution in [0.5, 0.6) is 11.5 Å². The number of nitriles is 1. The lowest BCUT2D eigenvalue weighted by Gasteiger charge is -2.16. The van der Waals surface area contributed by atoms with E-state index in [1.54, 1.807) is 44.2 Å². The largest absolute Gasteiger partial charge is 0.573 e. The lowest BCUT2D eigenvalue weighted by molar-refractivity contribution is -0.274. The van der Waals surface area contributed by atoms with Gasteiger partial charge in [0, 0.05) is 27.2 Å². The first-order valence-electron chi connectivity index (χ1n) is 12.1. The van der Waals surface area contributed by atoms with Crippen molar-refractivity contribution in [3.05, 3.63) is 79.8 Å². The van der Waals surface area contributed by atoms with Gasteiger partial charge in [0.05, 0.1) is 33.2 Å². The van der Waals surface area contributed by atoms with E-state index in [0.717, 1.165) is 6.07 Å². The third-order valence-corrected chi connectivity index (χ3v) is 7.54. The van der Waals surface area contributed by atoms with Crippen LogP contribution < -0.4 is 15.0 Å². The lowest BCUT2D eigenvalue weighted by atomic mass is 10.0. The van der Waals surface area contributed by atoms with Crippen LogP contribution in [-0.4, -0.2) is 38.6 Å². The average molecular weight is 615 g/mol. The highest BCUT2D eigenvalue weighted by Gasteiger charge is 2.33. The van der Waals surface area contributed by atoms with E-state index < -0.39 is 29.2 Å². The average Bonchev–Trinajstić information content (AvgIpc) is 3.34. The minimum absolute atomic E-state index is 0.0504. The molecule has 42 heavy (non-hydrogen) atoms. The fourth-order valence-electron chi connectivity index (χ4n) is 4.56. The molecule has 0 radical (unpaired) electrons. The number of halogens is 4. The van der Waals surface area contributed by atoms with Crippen molar-refractivity contribution in [3.63, 3.8) is 0 Å². The van der Waals surface area contributed by atoms with E-state index in [9.17, 15) is 33.1 Å². The molecule has 0 aliphatic carbocycles. The van der Waals surface area contributed by atoms with Gasteiger partial charge in [0.25, 0.3) is 5.56 Å². The van der Waals surface area contributed by atoms with E-state index in [1.165, 1.54) is 27.4 Å². The van der Waals surface area contributed by atoms with Gasteiger partial charge in [-0.05, 0) is 50.2 Å². The fraction of sp³-hybridized carbons (Fsp3) is 0.179. The number of carboxylic acids is 1. The molecule has 0 atom stereocenters. The van der Waals surface area contributed by atoms with Gasteiger partial charge in [-0.2, -0.15) is 5.26 Å². The van der Waals surface area contributed by atoms with E-state index in [1.807, 2.05) is 0 Å². The standard InChI is InChI=1S/C28H18ClF3N4O5S/c1-13-9-17(25-24(34-13)19(12-42-25)27(38)39)16-10-15(29)3-5-21(16)40-8-7-36-14(2)35-20-4-6-22(41-28(30,31)32)18(11-33)23(20)26(36)37/h3-6,9-10,12H,7-8H2,1-2H3,(H,38,39). The summed E-state index contributed by atoms with van der Waals surface area (Å²) in [5.41, 5.74) is 0.954. The first-order valence-corrected chi connectivity index (χ1v) is 13.4. The molecule has 214 valence electrons. The zero-order valence-electron chi connectivity index (χ0n) is 21.7. The molecule has 0 amide bonds. The van der Waals surface area contributed by atoms with Crippen molar-refractivity contribution < 1.29 is 32.5 Å². The van der Waals surface area contributed by atoms with Crippen LogP contribution in [-0.2, 0) is 6.54 Å². The molecule has 2 aromatic carbocycles. The van der Waals surface area contributed by atoms with Crippen molar-refractivity contribution in [1.29, 1.82) is 5.26 Å². The van der Waals surface area contributed by atoms with E-state index in [2.05, 4.69) is 14.7 Å². The number of nitrogens with zero attached hydrogens (tertiary/aromatic N) is 4. The van der Waals surface area contributed by atoms with Crippen LogP contribution in [0, 0.1) is 25.2 Å². The number of hydrogen-bond acceptors (Lipinski definition) is 8. The van der Waals surface area contributed by atoms with Gasteiger partial charge in [-0.15, -0.1) is 24.5 Å². The first kappa shape index (κ1) is 28.8. The molecule has 0 aliphatic rings. The number of fused-ring (bicyclic) bond motifs is 2. The first-order chi connectivity index (χ1) is 19.9. The maximum Gasteiger partial charge on any atom is 0.573 e. The quantitative estimate of drug-likeness (QED) is 0.220. The number of aromatic nitrogens is 3. The van der Waals surface area contributed by atoms with E-state index in [4.69, 9.17) is 16.3 Å². The highest BCUT2D eigenvalue weighted by molar-refractivity contribution is 7.18. The molecule has 0 saturated heterocycles. The van der Waals surface area contributed by atoms with Crippen LogP contribution in [0.1, 0.15) is 27.4 Å². The Morgan fingerprint density at radius 1 is 1.14 bits per heavy atom. The maximum absolute atomic E-state index is 13.4. The van der Waals surface area contributed by atoms with Crippen LogP contribution in [0.15, 0.2) is 46.6 Å². The summed E-state index contributed by atoms with van der Waals surface area (Å²) in [6.07, 6.45) is -5.06. The summed E-state index contributed by atoms with van der Waals surface area (Å²) < 4.78 is 50.4. The molecule has 0 spiro atoms. The molecule has 3 aromatic heterocycles. The van der Waals surface area contributed by atoms with Crippen LogP contribution in [0.4, 0.5) is 13.2 Å². The Morgan fingerprint density at radius 3 is 2.57 bits per heavy atom.